The van der Waals surface area contributed by atoms with E-state index in [2.05, 4.69) is 26.8 Å². The molecular weight excluding hydrogens is 310 g/mol. The summed E-state index contributed by atoms with van der Waals surface area (Å²) in [5, 5.41) is 0. The average molecular weight is 333 g/mol. The van der Waals surface area contributed by atoms with E-state index in [4.69, 9.17) is 4.74 Å². The van der Waals surface area contributed by atoms with Crippen LogP contribution in [0.5, 0.6) is 0 Å². The van der Waals surface area contributed by atoms with E-state index in [9.17, 15) is 0 Å². The first-order chi connectivity index (χ1) is 11.0. The third-order valence-electron chi connectivity index (χ3n) is 3.99. The summed E-state index contributed by atoms with van der Waals surface area (Å²) < 4.78 is 5.97. The average Bonchev–Trinajstić information content (AvgIpc) is 2.92. The number of hydrogen-bond donors (Lipinski definition) is 0. The Labute approximate surface area is 141 Å². The van der Waals surface area contributed by atoms with Crippen LogP contribution in [0.4, 0.5) is 5.82 Å². The number of hydrogen-bond acceptors (Lipinski definition) is 7. The standard InChI is InChI=1S/C16H23N5OS/c1-11-15(23-10-17-11)9-21-5-6-22-14(8-21)13-7-16(20(3)4)19-12(2)18-13/h7,10,14H,5-6,8-9H2,1-4H3/t14-/m1/s1. The van der Waals surface area contributed by atoms with Gasteiger partial charge in [-0.25, -0.2) is 15.0 Å². The molecular formula is C16H23N5OS. The Morgan fingerprint density at radius 2 is 2.17 bits per heavy atom. The van der Waals surface area contributed by atoms with Gasteiger partial charge in [-0.05, 0) is 13.8 Å². The van der Waals surface area contributed by atoms with Gasteiger partial charge in [0.2, 0.25) is 0 Å². The molecule has 0 bridgehead atoms. The topological polar surface area (TPSA) is 54.4 Å². The molecule has 7 heteroatoms. The number of aryl methyl sites for hydroxylation is 2. The van der Waals surface area contributed by atoms with Crippen molar-refractivity contribution in [2.24, 2.45) is 0 Å². The summed E-state index contributed by atoms with van der Waals surface area (Å²) in [4.78, 5) is 19.1. The van der Waals surface area contributed by atoms with E-state index >= 15 is 0 Å². The lowest BCUT2D eigenvalue weighted by Gasteiger charge is -2.32. The Hall–Kier alpha value is -1.57. The molecule has 1 atom stereocenters. The van der Waals surface area contributed by atoms with Crippen LogP contribution in [0.15, 0.2) is 11.6 Å². The minimum absolute atomic E-state index is 0.00243. The fourth-order valence-electron chi connectivity index (χ4n) is 2.67. The lowest BCUT2D eigenvalue weighted by Crippen LogP contribution is -2.38. The van der Waals surface area contributed by atoms with Crippen molar-refractivity contribution >= 4 is 17.2 Å². The van der Waals surface area contributed by atoms with E-state index in [0.29, 0.717) is 0 Å². The van der Waals surface area contributed by atoms with Crippen molar-refractivity contribution in [2.75, 3.05) is 38.7 Å². The van der Waals surface area contributed by atoms with Gasteiger partial charge in [-0.1, -0.05) is 0 Å². The highest BCUT2D eigenvalue weighted by molar-refractivity contribution is 7.09. The second-order valence-electron chi connectivity index (χ2n) is 6.05. The highest BCUT2D eigenvalue weighted by Crippen LogP contribution is 2.25. The van der Waals surface area contributed by atoms with Crippen molar-refractivity contribution in [3.8, 4) is 0 Å². The van der Waals surface area contributed by atoms with Crippen molar-refractivity contribution in [3.05, 3.63) is 33.7 Å². The lowest BCUT2D eigenvalue weighted by molar-refractivity contribution is -0.0348. The van der Waals surface area contributed by atoms with Gasteiger partial charge in [0.15, 0.2) is 0 Å². The van der Waals surface area contributed by atoms with Gasteiger partial charge in [0.25, 0.3) is 0 Å². The smallest absolute Gasteiger partial charge is 0.132 e. The first kappa shape index (κ1) is 16.3. The molecule has 1 aliphatic rings. The second-order valence-corrected chi connectivity index (χ2v) is 6.99. The zero-order valence-electron chi connectivity index (χ0n) is 14.1. The van der Waals surface area contributed by atoms with Gasteiger partial charge in [0, 0.05) is 44.7 Å². The normalized spacial score (nSPS) is 19.0. The van der Waals surface area contributed by atoms with E-state index in [-0.39, 0.29) is 6.10 Å². The van der Waals surface area contributed by atoms with Crippen molar-refractivity contribution in [2.45, 2.75) is 26.5 Å². The van der Waals surface area contributed by atoms with Crippen LogP contribution >= 0.6 is 11.3 Å². The van der Waals surface area contributed by atoms with Crippen molar-refractivity contribution in [1.29, 1.82) is 0 Å². The number of morpholine rings is 1. The molecule has 0 spiro atoms. The van der Waals surface area contributed by atoms with Gasteiger partial charge < -0.3 is 9.64 Å². The van der Waals surface area contributed by atoms with E-state index in [0.717, 1.165) is 49.3 Å². The monoisotopic (exact) mass is 333 g/mol. The van der Waals surface area contributed by atoms with E-state index in [1.54, 1.807) is 11.3 Å². The zero-order chi connectivity index (χ0) is 16.4. The highest BCUT2D eigenvalue weighted by Gasteiger charge is 2.24. The van der Waals surface area contributed by atoms with Crippen LogP contribution in [0, 0.1) is 13.8 Å². The second kappa shape index (κ2) is 6.90. The Morgan fingerprint density at radius 1 is 1.35 bits per heavy atom. The minimum atomic E-state index is -0.00243. The first-order valence-electron chi connectivity index (χ1n) is 7.78. The maximum absolute atomic E-state index is 5.97. The number of anilines is 1. The first-order valence-corrected chi connectivity index (χ1v) is 8.66. The molecule has 0 aliphatic carbocycles. The van der Waals surface area contributed by atoms with E-state index < -0.39 is 0 Å². The summed E-state index contributed by atoms with van der Waals surface area (Å²) in [7, 11) is 3.98. The van der Waals surface area contributed by atoms with Crippen LogP contribution in [0.3, 0.4) is 0 Å². The molecule has 1 aliphatic heterocycles. The molecule has 0 amide bonds. The van der Waals surface area contributed by atoms with Crippen molar-refractivity contribution in [1.82, 2.24) is 19.9 Å². The lowest BCUT2D eigenvalue weighted by atomic mass is 10.2. The van der Waals surface area contributed by atoms with Crippen LogP contribution < -0.4 is 4.90 Å². The molecule has 0 radical (unpaired) electrons. The van der Waals surface area contributed by atoms with Crippen LogP contribution in [-0.4, -0.2) is 53.6 Å². The number of nitrogens with zero attached hydrogens (tertiary/aromatic N) is 5. The molecule has 0 unspecified atom stereocenters. The van der Waals surface area contributed by atoms with Crippen molar-refractivity contribution < 1.29 is 4.74 Å². The molecule has 0 saturated carbocycles. The number of ether oxygens (including phenoxy) is 1. The summed E-state index contributed by atoms with van der Waals surface area (Å²) in [6.45, 7) is 7.45. The zero-order valence-corrected chi connectivity index (χ0v) is 14.9. The molecule has 1 fully saturated rings. The fourth-order valence-corrected chi connectivity index (χ4v) is 3.49. The summed E-state index contributed by atoms with van der Waals surface area (Å²) in [6, 6.07) is 2.03. The van der Waals surface area contributed by atoms with Crippen molar-refractivity contribution in [3.63, 3.8) is 0 Å². The number of aromatic nitrogens is 3. The summed E-state index contributed by atoms with van der Waals surface area (Å²) in [5.41, 5.74) is 4.01. The van der Waals surface area contributed by atoms with Crippen LogP contribution in [0.25, 0.3) is 0 Å². The van der Waals surface area contributed by atoms with Gasteiger partial charge >= 0.3 is 0 Å². The molecule has 0 aromatic carbocycles. The van der Waals surface area contributed by atoms with Gasteiger partial charge in [0.05, 0.1) is 23.5 Å². The quantitative estimate of drug-likeness (QED) is 0.855. The van der Waals surface area contributed by atoms with Crippen LogP contribution in [0.2, 0.25) is 0 Å². The number of rotatable bonds is 4. The predicted molar refractivity (Wildman–Crippen MR) is 91.9 cm³/mol. The molecule has 23 heavy (non-hydrogen) atoms. The van der Waals surface area contributed by atoms with Gasteiger partial charge in [-0.2, -0.15) is 0 Å². The Balaban J connectivity index is 1.74. The molecule has 1 saturated heterocycles. The SMILES string of the molecule is Cc1nc([C@H]2CN(Cc3scnc3C)CCO2)cc(N(C)C)n1. The molecule has 2 aromatic heterocycles. The molecule has 0 N–H and O–H groups in total. The molecule has 124 valence electrons. The Morgan fingerprint density at radius 3 is 2.87 bits per heavy atom. The third-order valence-corrected chi connectivity index (χ3v) is 4.91. The van der Waals surface area contributed by atoms with Gasteiger partial charge in [-0.15, -0.1) is 11.3 Å². The third kappa shape index (κ3) is 3.85. The fraction of sp³-hybridized carbons (Fsp3) is 0.562. The minimum Gasteiger partial charge on any atom is -0.369 e. The summed E-state index contributed by atoms with van der Waals surface area (Å²) in [6.07, 6.45) is -0.00243. The number of thiazole rings is 1. The summed E-state index contributed by atoms with van der Waals surface area (Å²) in [5.74, 6) is 1.71. The van der Waals surface area contributed by atoms with E-state index in [1.807, 2.05) is 37.5 Å². The Kier molecular flexibility index (Phi) is 4.89. The van der Waals surface area contributed by atoms with Gasteiger partial charge in [0.1, 0.15) is 17.7 Å². The molecule has 3 rings (SSSR count). The van der Waals surface area contributed by atoms with Crippen LogP contribution in [-0.2, 0) is 11.3 Å². The maximum Gasteiger partial charge on any atom is 0.132 e. The molecule has 3 heterocycles. The molecule has 6 nitrogen and oxygen atoms in total. The van der Waals surface area contributed by atoms with Gasteiger partial charge in [-0.3, -0.25) is 4.90 Å². The summed E-state index contributed by atoms with van der Waals surface area (Å²) >= 11 is 1.72. The van der Waals surface area contributed by atoms with Crippen LogP contribution in [0.1, 0.15) is 28.2 Å². The largest absolute Gasteiger partial charge is 0.369 e. The maximum atomic E-state index is 5.97. The highest BCUT2D eigenvalue weighted by atomic mass is 32.1. The predicted octanol–water partition coefficient (Wildman–Crippen LogP) is 2.19. The molecule has 2 aromatic rings. The van der Waals surface area contributed by atoms with E-state index in [1.165, 1.54) is 4.88 Å². The Bertz CT molecular complexity index is 672.